The highest BCUT2D eigenvalue weighted by Gasteiger charge is 2.24. The number of carbonyl (C=O) groups is 3. The van der Waals surface area contributed by atoms with Crippen LogP contribution < -0.4 is 15.1 Å². The molecule has 2 fully saturated rings. The summed E-state index contributed by atoms with van der Waals surface area (Å²) in [6, 6.07) is 7.29. The van der Waals surface area contributed by atoms with Crippen molar-refractivity contribution < 1.29 is 14.4 Å². The normalized spacial score (nSPS) is 17.0. The van der Waals surface area contributed by atoms with Gasteiger partial charge in [-0.3, -0.25) is 19.3 Å². The highest BCUT2D eigenvalue weighted by Crippen LogP contribution is 2.26. The summed E-state index contributed by atoms with van der Waals surface area (Å²) in [6.07, 6.45) is 3.06. The Kier molecular flexibility index (Phi) is 4.89. The predicted octanol–water partition coefficient (Wildman–Crippen LogP) is 2.58. The molecule has 2 aromatic rings. The van der Waals surface area contributed by atoms with Gasteiger partial charge in [0.1, 0.15) is 0 Å². The summed E-state index contributed by atoms with van der Waals surface area (Å²) in [5.41, 5.74) is 2.20. The van der Waals surface area contributed by atoms with Crippen LogP contribution in [0.2, 0.25) is 0 Å². The number of hydrogen-bond acceptors (Lipinski definition) is 5. The molecule has 0 saturated carbocycles. The van der Waals surface area contributed by atoms with Crippen molar-refractivity contribution in [1.29, 1.82) is 0 Å². The van der Waals surface area contributed by atoms with Crippen LogP contribution in [-0.4, -0.2) is 35.8 Å². The van der Waals surface area contributed by atoms with Crippen molar-refractivity contribution >= 4 is 45.6 Å². The van der Waals surface area contributed by atoms with E-state index in [0.717, 1.165) is 25.1 Å². The van der Waals surface area contributed by atoms with Gasteiger partial charge in [-0.15, -0.1) is 11.3 Å². The second-order valence-corrected chi connectivity index (χ2v) is 7.53. The summed E-state index contributed by atoms with van der Waals surface area (Å²) in [4.78, 5) is 43.7. The van der Waals surface area contributed by atoms with E-state index in [1.165, 1.54) is 11.3 Å². The highest BCUT2D eigenvalue weighted by molar-refractivity contribution is 7.14. The summed E-state index contributed by atoms with van der Waals surface area (Å²) in [7, 11) is 0. The molecule has 0 atom stereocenters. The molecule has 3 heterocycles. The third kappa shape index (κ3) is 3.85. The monoisotopic (exact) mass is 384 g/mol. The first kappa shape index (κ1) is 17.7. The predicted molar refractivity (Wildman–Crippen MR) is 104 cm³/mol. The minimum atomic E-state index is -0.162. The lowest BCUT2D eigenvalue weighted by atomic mass is 10.2. The van der Waals surface area contributed by atoms with Crippen LogP contribution in [0.3, 0.4) is 0 Å². The Labute approximate surface area is 161 Å². The molecule has 2 aliphatic rings. The molecule has 1 aromatic carbocycles. The van der Waals surface area contributed by atoms with Gasteiger partial charge in [-0.25, -0.2) is 4.98 Å². The van der Waals surface area contributed by atoms with Crippen LogP contribution in [-0.2, 0) is 20.8 Å². The molecule has 0 aliphatic carbocycles. The zero-order chi connectivity index (χ0) is 18.8. The molecule has 7 nitrogen and oxygen atoms in total. The molecular formula is C19H20N4O3S. The van der Waals surface area contributed by atoms with Crippen molar-refractivity contribution in [1.82, 2.24) is 4.98 Å². The molecule has 2 saturated heterocycles. The van der Waals surface area contributed by atoms with Crippen molar-refractivity contribution in [3.63, 3.8) is 0 Å². The Morgan fingerprint density at radius 2 is 1.70 bits per heavy atom. The van der Waals surface area contributed by atoms with Gasteiger partial charge >= 0.3 is 0 Å². The largest absolute Gasteiger partial charge is 0.326 e. The zero-order valence-corrected chi connectivity index (χ0v) is 15.6. The summed E-state index contributed by atoms with van der Waals surface area (Å²) in [5.74, 6) is 0.0733. The van der Waals surface area contributed by atoms with Crippen LogP contribution >= 0.6 is 11.3 Å². The summed E-state index contributed by atoms with van der Waals surface area (Å²) < 4.78 is 0. The quantitative estimate of drug-likeness (QED) is 0.859. The van der Waals surface area contributed by atoms with Gasteiger partial charge in [-0.05, 0) is 37.1 Å². The standard InChI is InChI=1S/C19H20N4O3S/c24-16(11-14-12-27-19(21-14)23-10-2-4-18(23)26)20-13-5-7-15(8-6-13)22-9-1-3-17(22)25/h5-8,12H,1-4,9-11H2,(H,20,24). The maximum absolute atomic E-state index is 12.3. The highest BCUT2D eigenvalue weighted by atomic mass is 32.1. The zero-order valence-electron chi connectivity index (χ0n) is 14.8. The summed E-state index contributed by atoms with van der Waals surface area (Å²) in [6.45, 7) is 1.44. The van der Waals surface area contributed by atoms with Crippen LogP contribution in [0.1, 0.15) is 31.4 Å². The van der Waals surface area contributed by atoms with Gasteiger partial charge in [0.15, 0.2) is 5.13 Å². The second kappa shape index (κ2) is 7.48. The third-order valence-corrected chi connectivity index (χ3v) is 5.63. The fourth-order valence-corrected chi connectivity index (χ4v) is 4.24. The molecule has 140 valence electrons. The maximum Gasteiger partial charge on any atom is 0.230 e. The Morgan fingerprint density at radius 3 is 2.33 bits per heavy atom. The van der Waals surface area contributed by atoms with Crippen molar-refractivity contribution in [2.24, 2.45) is 0 Å². The minimum Gasteiger partial charge on any atom is -0.326 e. The number of nitrogens with zero attached hydrogens (tertiary/aromatic N) is 3. The van der Waals surface area contributed by atoms with Gasteiger partial charge in [-0.1, -0.05) is 0 Å². The molecular weight excluding hydrogens is 364 g/mol. The van der Waals surface area contributed by atoms with Crippen LogP contribution in [0.15, 0.2) is 29.6 Å². The minimum absolute atomic E-state index is 0.0944. The van der Waals surface area contributed by atoms with Crippen molar-refractivity contribution in [3.05, 3.63) is 35.3 Å². The van der Waals surface area contributed by atoms with E-state index >= 15 is 0 Å². The van der Waals surface area contributed by atoms with Gasteiger partial charge in [-0.2, -0.15) is 0 Å². The Morgan fingerprint density at radius 1 is 1.04 bits per heavy atom. The first-order valence-corrected chi connectivity index (χ1v) is 9.93. The number of amides is 3. The van der Waals surface area contributed by atoms with Crippen LogP contribution in [0, 0.1) is 0 Å². The molecule has 2 aliphatic heterocycles. The van der Waals surface area contributed by atoms with E-state index in [-0.39, 0.29) is 24.1 Å². The molecule has 8 heteroatoms. The number of thiazole rings is 1. The molecule has 3 amide bonds. The molecule has 27 heavy (non-hydrogen) atoms. The number of rotatable bonds is 5. The molecule has 4 rings (SSSR count). The lowest BCUT2D eigenvalue weighted by Crippen LogP contribution is -2.23. The van der Waals surface area contributed by atoms with Crippen LogP contribution in [0.5, 0.6) is 0 Å². The number of aromatic nitrogens is 1. The first-order valence-electron chi connectivity index (χ1n) is 9.05. The van der Waals surface area contributed by atoms with E-state index in [1.807, 2.05) is 17.5 Å². The van der Waals surface area contributed by atoms with Gasteiger partial charge in [0.25, 0.3) is 0 Å². The smallest absolute Gasteiger partial charge is 0.230 e. The number of anilines is 3. The van der Waals surface area contributed by atoms with Crippen LogP contribution in [0.25, 0.3) is 0 Å². The van der Waals surface area contributed by atoms with E-state index in [4.69, 9.17) is 0 Å². The Balaban J connectivity index is 1.35. The van der Waals surface area contributed by atoms with Gasteiger partial charge in [0, 0.05) is 42.7 Å². The van der Waals surface area contributed by atoms with E-state index in [1.54, 1.807) is 21.9 Å². The Hall–Kier alpha value is -2.74. The van der Waals surface area contributed by atoms with E-state index in [0.29, 0.717) is 35.9 Å². The van der Waals surface area contributed by atoms with Gasteiger partial charge < -0.3 is 10.2 Å². The number of carbonyl (C=O) groups excluding carboxylic acids is 3. The fourth-order valence-electron chi connectivity index (χ4n) is 3.37. The third-order valence-electron chi connectivity index (χ3n) is 4.72. The maximum atomic E-state index is 12.3. The van der Waals surface area contributed by atoms with Gasteiger partial charge in [0.2, 0.25) is 17.7 Å². The average Bonchev–Trinajstić information content (AvgIpc) is 3.37. The first-order chi connectivity index (χ1) is 13.1. The molecule has 0 bridgehead atoms. The van der Waals surface area contributed by atoms with Crippen molar-refractivity contribution in [2.75, 3.05) is 28.2 Å². The number of nitrogens with one attached hydrogen (secondary N) is 1. The van der Waals surface area contributed by atoms with E-state index in [2.05, 4.69) is 10.3 Å². The molecule has 0 spiro atoms. The second-order valence-electron chi connectivity index (χ2n) is 6.69. The van der Waals surface area contributed by atoms with Crippen LogP contribution in [0.4, 0.5) is 16.5 Å². The topological polar surface area (TPSA) is 82.6 Å². The number of hydrogen-bond donors (Lipinski definition) is 1. The van der Waals surface area contributed by atoms with E-state index in [9.17, 15) is 14.4 Å². The average molecular weight is 384 g/mol. The van der Waals surface area contributed by atoms with Gasteiger partial charge in [0.05, 0.1) is 12.1 Å². The van der Waals surface area contributed by atoms with Crippen molar-refractivity contribution in [3.8, 4) is 0 Å². The fraction of sp³-hybridized carbons (Fsp3) is 0.368. The number of benzene rings is 1. The molecule has 1 aromatic heterocycles. The molecule has 0 radical (unpaired) electrons. The lowest BCUT2D eigenvalue weighted by molar-refractivity contribution is -0.117. The summed E-state index contributed by atoms with van der Waals surface area (Å²) >= 11 is 1.39. The lowest BCUT2D eigenvalue weighted by Gasteiger charge is -2.16. The molecule has 0 unspecified atom stereocenters. The molecule has 1 N–H and O–H groups in total. The van der Waals surface area contributed by atoms with Crippen molar-refractivity contribution in [2.45, 2.75) is 32.1 Å². The van der Waals surface area contributed by atoms with E-state index < -0.39 is 0 Å². The summed E-state index contributed by atoms with van der Waals surface area (Å²) in [5, 5.41) is 5.34. The Bertz CT molecular complexity index is 877. The SMILES string of the molecule is O=C(Cc1csc(N2CCCC2=O)n1)Nc1ccc(N2CCCC2=O)cc1.